The topological polar surface area (TPSA) is 72.7 Å². The molecule has 118 valence electrons. The van der Waals surface area contributed by atoms with Crippen LogP contribution in [-0.2, 0) is 4.79 Å². The maximum absolute atomic E-state index is 13.1. The molecule has 0 aliphatic heterocycles. The van der Waals surface area contributed by atoms with E-state index in [1.165, 1.54) is 23.9 Å². The Morgan fingerprint density at radius 1 is 1.30 bits per heavy atom. The van der Waals surface area contributed by atoms with Crippen LogP contribution in [-0.4, -0.2) is 38.7 Å². The summed E-state index contributed by atoms with van der Waals surface area (Å²) >= 11 is 1.29. The van der Waals surface area contributed by atoms with Crippen LogP contribution >= 0.6 is 11.8 Å². The SMILES string of the molecule is CNC(=O)CSc1nnc(C)c2cnn(-c3ccc(F)cc3)c12. The van der Waals surface area contributed by atoms with Gasteiger partial charge < -0.3 is 5.32 Å². The second-order valence-corrected chi connectivity index (χ2v) is 5.81. The van der Waals surface area contributed by atoms with Crippen molar-refractivity contribution in [3.8, 4) is 5.69 Å². The summed E-state index contributed by atoms with van der Waals surface area (Å²) in [5.74, 6) is -0.174. The van der Waals surface area contributed by atoms with Crippen molar-refractivity contribution in [3.63, 3.8) is 0 Å². The number of nitrogens with one attached hydrogen (secondary N) is 1. The Kier molecular flexibility index (Phi) is 4.24. The highest BCUT2D eigenvalue weighted by Crippen LogP contribution is 2.28. The van der Waals surface area contributed by atoms with Crippen molar-refractivity contribution in [3.05, 3.63) is 42.0 Å². The Hall–Kier alpha value is -2.48. The van der Waals surface area contributed by atoms with E-state index in [1.807, 2.05) is 6.92 Å². The molecule has 2 heterocycles. The number of thioether (sulfide) groups is 1. The van der Waals surface area contributed by atoms with Crippen LogP contribution in [0.4, 0.5) is 4.39 Å². The fourth-order valence-corrected chi connectivity index (χ4v) is 2.97. The standard InChI is InChI=1S/C15H14FN5OS/c1-9-12-7-18-21(11-5-3-10(16)4-6-11)14(12)15(20-19-9)23-8-13(22)17-2/h3-7H,8H2,1-2H3,(H,17,22). The molecule has 3 aromatic rings. The first-order valence-electron chi connectivity index (χ1n) is 6.90. The molecular formula is C15H14FN5OS. The Labute approximate surface area is 136 Å². The van der Waals surface area contributed by atoms with Gasteiger partial charge in [0.15, 0.2) is 0 Å². The van der Waals surface area contributed by atoms with Crippen molar-refractivity contribution in [2.45, 2.75) is 11.9 Å². The normalized spacial score (nSPS) is 10.9. The van der Waals surface area contributed by atoms with Crippen molar-refractivity contribution in [2.75, 3.05) is 12.8 Å². The summed E-state index contributed by atoms with van der Waals surface area (Å²) in [6, 6.07) is 6.04. The van der Waals surface area contributed by atoms with Gasteiger partial charge in [0, 0.05) is 12.4 Å². The quantitative estimate of drug-likeness (QED) is 0.741. The van der Waals surface area contributed by atoms with E-state index in [0.29, 0.717) is 5.03 Å². The molecule has 23 heavy (non-hydrogen) atoms. The number of amides is 1. The first kappa shape index (κ1) is 15.4. The lowest BCUT2D eigenvalue weighted by Crippen LogP contribution is -2.19. The van der Waals surface area contributed by atoms with Crippen molar-refractivity contribution >= 4 is 28.6 Å². The van der Waals surface area contributed by atoms with Crippen LogP contribution in [0, 0.1) is 12.7 Å². The van der Waals surface area contributed by atoms with E-state index in [2.05, 4.69) is 20.6 Å². The molecule has 2 aromatic heterocycles. The van der Waals surface area contributed by atoms with E-state index in [0.717, 1.165) is 22.3 Å². The Morgan fingerprint density at radius 2 is 2.04 bits per heavy atom. The zero-order valence-electron chi connectivity index (χ0n) is 12.6. The van der Waals surface area contributed by atoms with E-state index in [1.54, 1.807) is 30.1 Å². The van der Waals surface area contributed by atoms with Crippen LogP contribution in [0.2, 0.25) is 0 Å². The first-order chi connectivity index (χ1) is 11.1. The highest BCUT2D eigenvalue weighted by atomic mass is 32.2. The molecule has 0 saturated carbocycles. The number of carbonyl (C=O) groups excluding carboxylic acids is 1. The third kappa shape index (κ3) is 3.02. The number of hydrogen-bond donors (Lipinski definition) is 1. The van der Waals surface area contributed by atoms with Gasteiger partial charge in [-0.15, -0.1) is 5.10 Å². The number of hydrogen-bond acceptors (Lipinski definition) is 5. The number of benzene rings is 1. The summed E-state index contributed by atoms with van der Waals surface area (Å²) < 4.78 is 14.8. The van der Waals surface area contributed by atoms with Gasteiger partial charge in [-0.3, -0.25) is 4.79 Å². The summed E-state index contributed by atoms with van der Waals surface area (Å²) in [5.41, 5.74) is 2.23. The number of halogens is 1. The molecule has 0 spiro atoms. The lowest BCUT2D eigenvalue weighted by atomic mass is 10.2. The van der Waals surface area contributed by atoms with Gasteiger partial charge in [0.05, 0.1) is 23.3 Å². The highest BCUT2D eigenvalue weighted by molar-refractivity contribution is 8.00. The molecule has 3 rings (SSSR count). The second kappa shape index (κ2) is 6.33. The third-order valence-electron chi connectivity index (χ3n) is 3.34. The summed E-state index contributed by atoms with van der Waals surface area (Å²) in [7, 11) is 1.59. The number of fused-ring (bicyclic) bond motifs is 1. The van der Waals surface area contributed by atoms with Crippen LogP contribution in [0.25, 0.3) is 16.6 Å². The largest absolute Gasteiger partial charge is 0.358 e. The molecule has 8 heteroatoms. The Bertz CT molecular complexity index is 862. The number of carbonyl (C=O) groups is 1. The van der Waals surface area contributed by atoms with Gasteiger partial charge in [-0.25, -0.2) is 9.07 Å². The van der Waals surface area contributed by atoms with Crippen molar-refractivity contribution in [2.24, 2.45) is 0 Å². The Morgan fingerprint density at radius 3 is 2.74 bits per heavy atom. The minimum Gasteiger partial charge on any atom is -0.358 e. The van der Waals surface area contributed by atoms with Crippen molar-refractivity contribution < 1.29 is 9.18 Å². The lowest BCUT2D eigenvalue weighted by Gasteiger charge is -2.07. The smallest absolute Gasteiger partial charge is 0.230 e. The molecule has 0 aliphatic rings. The molecule has 0 fully saturated rings. The van der Waals surface area contributed by atoms with Crippen LogP contribution in [0.5, 0.6) is 0 Å². The van der Waals surface area contributed by atoms with Gasteiger partial charge in [0.2, 0.25) is 5.91 Å². The second-order valence-electron chi connectivity index (χ2n) is 4.85. The number of rotatable bonds is 4. The average molecular weight is 331 g/mol. The predicted molar refractivity (Wildman–Crippen MR) is 86.1 cm³/mol. The summed E-state index contributed by atoms with van der Waals surface area (Å²) in [5, 5.41) is 16.7. The van der Waals surface area contributed by atoms with Gasteiger partial charge in [0.1, 0.15) is 16.4 Å². The predicted octanol–water partition coefficient (Wildman–Crippen LogP) is 2.10. The highest BCUT2D eigenvalue weighted by Gasteiger charge is 2.15. The monoisotopic (exact) mass is 331 g/mol. The fraction of sp³-hybridized carbons (Fsp3) is 0.200. The minimum atomic E-state index is -0.310. The van der Waals surface area contributed by atoms with Gasteiger partial charge in [0.25, 0.3) is 0 Å². The molecule has 1 aromatic carbocycles. The Balaban J connectivity index is 2.10. The maximum Gasteiger partial charge on any atom is 0.230 e. The van der Waals surface area contributed by atoms with E-state index >= 15 is 0 Å². The zero-order valence-corrected chi connectivity index (χ0v) is 13.4. The lowest BCUT2D eigenvalue weighted by molar-refractivity contribution is -0.118. The molecule has 0 radical (unpaired) electrons. The van der Waals surface area contributed by atoms with E-state index in [-0.39, 0.29) is 17.5 Å². The van der Waals surface area contributed by atoms with Crippen molar-refractivity contribution in [1.82, 2.24) is 25.3 Å². The summed E-state index contributed by atoms with van der Waals surface area (Å²) in [6.45, 7) is 1.85. The number of aromatic nitrogens is 4. The summed E-state index contributed by atoms with van der Waals surface area (Å²) in [6.07, 6.45) is 1.70. The van der Waals surface area contributed by atoms with Gasteiger partial charge in [-0.05, 0) is 31.2 Å². The molecule has 6 nitrogen and oxygen atoms in total. The van der Waals surface area contributed by atoms with Gasteiger partial charge in [-0.2, -0.15) is 10.2 Å². The molecule has 0 unspecified atom stereocenters. The third-order valence-corrected chi connectivity index (χ3v) is 4.30. The van der Waals surface area contributed by atoms with E-state index in [4.69, 9.17) is 0 Å². The molecule has 0 bridgehead atoms. The van der Waals surface area contributed by atoms with Crippen LogP contribution in [0.3, 0.4) is 0 Å². The maximum atomic E-state index is 13.1. The average Bonchev–Trinajstić information content (AvgIpc) is 3.01. The number of nitrogens with zero attached hydrogens (tertiary/aromatic N) is 4. The van der Waals surface area contributed by atoms with Gasteiger partial charge >= 0.3 is 0 Å². The first-order valence-corrected chi connectivity index (χ1v) is 7.89. The number of aryl methyl sites for hydroxylation is 1. The molecule has 0 saturated heterocycles. The zero-order chi connectivity index (χ0) is 16.4. The van der Waals surface area contributed by atoms with Crippen LogP contribution in [0.15, 0.2) is 35.5 Å². The van der Waals surface area contributed by atoms with Crippen LogP contribution < -0.4 is 5.32 Å². The summed E-state index contributed by atoms with van der Waals surface area (Å²) in [4.78, 5) is 11.5. The van der Waals surface area contributed by atoms with Crippen LogP contribution in [0.1, 0.15) is 5.69 Å². The minimum absolute atomic E-state index is 0.0987. The van der Waals surface area contributed by atoms with Crippen molar-refractivity contribution in [1.29, 1.82) is 0 Å². The van der Waals surface area contributed by atoms with Gasteiger partial charge in [-0.1, -0.05) is 11.8 Å². The van der Waals surface area contributed by atoms with E-state index in [9.17, 15) is 9.18 Å². The molecule has 1 N–H and O–H groups in total. The molecule has 0 aliphatic carbocycles. The molecule has 1 amide bonds. The molecular weight excluding hydrogens is 317 g/mol. The van der Waals surface area contributed by atoms with E-state index < -0.39 is 0 Å². The molecule has 0 atom stereocenters. The fourth-order valence-electron chi connectivity index (χ4n) is 2.12.